The molecule has 0 saturated carbocycles. The fraction of sp³-hybridized carbons (Fsp3) is 0.133. The fourth-order valence-corrected chi connectivity index (χ4v) is 2.05. The van der Waals surface area contributed by atoms with Crippen LogP contribution >= 0.6 is 11.6 Å². The molecule has 0 spiro atoms. The van der Waals surface area contributed by atoms with Crippen molar-refractivity contribution in [2.45, 2.75) is 6.54 Å². The lowest BCUT2D eigenvalue weighted by atomic mass is 10.1. The van der Waals surface area contributed by atoms with Crippen LogP contribution in [0.25, 0.3) is 0 Å². The number of carbonyl (C=O) groups excluding carboxylic acids is 1. The molecule has 3 N–H and O–H groups in total. The lowest BCUT2D eigenvalue weighted by Crippen LogP contribution is -2.09. The average molecular weight is 309 g/mol. The Balaban J connectivity index is 2.18. The minimum atomic E-state index is -0.708. The summed E-state index contributed by atoms with van der Waals surface area (Å²) < 4.78 is 18.7. The number of nitrogen functional groups attached to an aromatic ring is 1. The molecule has 2 rings (SSSR count). The van der Waals surface area contributed by atoms with Gasteiger partial charge in [0.15, 0.2) is 0 Å². The molecule has 4 nitrogen and oxygen atoms in total. The zero-order valence-electron chi connectivity index (χ0n) is 11.3. The number of anilines is 2. The molecule has 0 aromatic heterocycles. The van der Waals surface area contributed by atoms with Crippen LogP contribution in [0.4, 0.5) is 15.8 Å². The van der Waals surface area contributed by atoms with Crippen molar-refractivity contribution in [3.05, 3.63) is 58.4 Å². The first-order valence-electron chi connectivity index (χ1n) is 6.17. The third kappa shape index (κ3) is 3.44. The van der Waals surface area contributed by atoms with Gasteiger partial charge in [-0.15, -0.1) is 0 Å². The molecule has 2 aromatic carbocycles. The van der Waals surface area contributed by atoms with Gasteiger partial charge in [0, 0.05) is 17.1 Å². The molecule has 0 amide bonds. The summed E-state index contributed by atoms with van der Waals surface area (Å²) in [7, 11) is 1.21. The van der Waals surface area contributed by atoms with E-state index in [1.165, 1.54) is 13.2 Å². The largest absolute Gasteiger partial charge is 0.465 e. The average Bonchev–Trinajstić information content (AvgIpc) is 2.47. The zero-order chi connectivity index (χ0) is 15.4. The highest BCUT2D eigenvalue weighted by Gasteiger charge is 2.15. The summed E-state index contributed by atoms with van der Waals surface area (Å²) >= 11 is 5.81. The number of ether oxygens (including phenoxy) is 1. The number of methoxy groups -OCH3 is 1. The van der Waals surface area contributed by atoms with E-state index >= 15 is 0 Å². The summed E-state index contributed by atoms with van der Waals surface area (Å²) in [5, 5.41) is 3.53. The van der Waals surface area contributed by atoms with Gasteiger partial charge in [-0.3, -0.25) is 0 Å². The van der Waals surface area contributed by atoms with Crippen LogP contribution < -0.4 is 11.1 Å². The maximum absolute atomic E-state index is 14.2. The van der Waals surface area contributed by atoms with Crippen LogP contribution in [-0.4, -0.2) is 13.1 Å². The van der Waals surface area contributed by atoms with Crippen molar-refractivity contribution < 1.29 is 13.9 Å². The van der Waals surface area contributed by atoms with E-state index in [-0.39, 0.29) is 12.1 Å². The minimum Gasteiger partial charge on any atom is -0.465 e. The number of hydrogen-bond donors (Lipinski definition) is 2. The van der Waals surface area contributed by atoms with Crippen molar-refractivity contribution >= 4 is 28.9 Å². The Labute approximate surface area is 126 Å². The van der Waals surface area contributed by atoms with E-state index in [4.69, 9.17) is 17.3 Å². The highest BCUT2D eigenvalue weighted by molar-refractivity contribution is 6.31. The highest BCUT2D eigenvalue weighted by atomic mass is 35.5. The SMILES string of the molecule is COC(=O)c1cccc(CNc2ccc(Cl)cc2N)c1F. The molecule has 110 valence electrons. The number of nitrogens with two attached hydrogens (primary N) is 1. The summed E-state index contributed by atoms with van der Waals surface area (Å²) in [4.78, 5) is 11.4. The van der Waals surface area contributed by atoms with Gasteiger partial charge in [0.25, 0.3) is 0 Å². The molecule has 0 fully saturated rings. The van der Waals surface area contributed by atoms with Gasteiger partial charge in [-0.25, -0.2) is 9.18 Å². The first-order valence-corrected chi connectivity index (χ1v) is 6.55. The van der Waals surface area contributed by atoms with E-state index in [0.717, 1.165) is 0 Å². The third-order valence-corrected chi connectivity index (χ3v) is 3.20. The summed E-state index contributed by atoms with van der Waals surface area (Å²) in [5.41, 5.74) is 7.16. The van der Waals surface area contributed by atoms with Crippen LogP contribution in [0, 0.1) is 5.82 Å². The first kappa shape index (κ1) is 15.1. The maximum atomic E-state index is 14.2. The Bertz CT molecular complexity index is 677. The standard InChI is InChI=1S/C15H14ClFN2O2/c1-21-15(20)11-4-2-3-9(14(11)17)8-19-13-6-5-10(16)7-12(13)18/h2-7,19H,8,18H2,1H3. The Kier molecular flexibility index (Phi) is 4.65. The van der Waals surface area contributed by atoms with Crippen molar-refractivity contribution in [3.63, 3.8) is 0 Å². The van der Waals surface area contributed by atoms with Crippen LogP contribution in [0.15, 0.2) is 36.4 Å². The van der Waals surface area contributed by atoms with Crippen molar-refractivity contribution in [3.8, 4) is 0 Å². The molecule has 0 bridgehead atoms. The molecule has 21 heavy (non-hydrogen) atoms. The molecule has 0 aliphatic carbocycles. The number of halogens is 2. The summed E-state index contributed by atoms with van der Waals surface area (Å²) in [6.45, 7) is 0.183. The molecular weight excluding hydrogens is 295 g/mol. The zero-order valence-corrected chi connectivity index (χ0v) is 12.1. The number of hydrogen-bond acceptors (Lipinski definition) is 4. The summed E-state index contributed by atoms with van der Waals surface area (Å²) in [6, 6.07) is 9.55. The number of benzene rings is 2. The second-order valence-electron chi connectivity index (χ2n) is 4.36. The molecule has 0 radical (unpaired) electrons. The molecule has 0 saturated heterocycles. The van der Waals surface area contributed by atoms with Gasteiger partial charge in [-0.2, -0.15) is 0 Å². The van der Waals surface area contributed by atoms with Crippen LogP contribution in [0.2, 0.25) is 5.02 Å². The van der Waals surface area contributed by atoms with Gasteiger partial charge in [-0.05, 0) is 24.3 Å². The molecule has 0 aliphatic heterocycles. The molecular formula is C15H14ClFN2O2. The van der Waals surface area contributed by atoms with Crippen LogP contribution in [0.5, 0.6) is 0 Å². The Morgan fingerprint density at radius 3 is 2.81 bits per heavy atom. The van der Waals surface area contributed by atoms with E-state index in [0.29, 0.717) is 22.0 Å². The van der Waals surface area contributed by atoms with Crippen molar-refractivity contribution in [2.24, 2.45) is 0 Å². The van der Waals surface area contributed by atoms with E-state index in [2.05, 4.69) is 10.1 Å². The van der Waals surface area contributed by atoms with Gasteiger partial charge >= 0.3 is 5.97 Å². The number of nitrogens with one attached hydrogen (secondary N) is 1. The van der Waals surface area contributed by atoms with E-state index in [1.54, 1.807) is 30.3 Å². The van der Waals surface area contributed by atoms with Crippen molar-refractivity contribution in [1.29, 1.82) is 0 Å². The molecule has 0 heterocycles. The third-order valence-electron chi connectivity index (χ3n) is 2.97. The van der Waals surface area contributed by atoms with Crippen LogP contribution in [0.3, 0.4) is 0 Å². The lowest BCUT2D eigenvalue weighted by molar-refractivity contribution is 0.0595. The van der Waals surface area contributed by atoms with Gasteiger partial charge in [0.05, 0.1) is 24.0 Å². The predicted octanol–water partition coefficient (Wildman–Crippen LogP) is 3.46. The minimum absolute atomic E-state index is 0.0964. The van der Waals surface area contributed by atoms with E-state index in [9.17, 15) is 9.18 Å². The molecule has 6 heteroatoms. The highest BCUT2D eigenvalue weighted by Crippen LogP contribution is 2.24. The normalized spacial score (nSPS) is 10.2. The van der Waals surface area contributed by atoms with Gasteiger partial charge in [0.2, 0.25) is 0 Å². The topological polar surface area (TPSA) is 64.3 Å². The second-order valence-corrected chi connectivity index (χ2v) is 4.79. The summed E-state index contributed by atoms with van der Waals surface area (Å²) in [6.07, 6.45) is 0. The Morgan fingerprint density at radius 2 is 2.14 bits per heavy atom. The number of esters is 1. The quantitative estimate of drug-likeness (QED) is 0.670. The summed E-state index contributed by atoms with van der Waals surface area (Å²) in [5.74, 6) is -1.32. The Hall–Kier alpha value is -2.27. The van der Waals surface area contributed by atoms with Crippen LogP contribution in [-0.2, 0) is 11.3 Å². The van der Waals surface area contributed by atoms with Crippen molar-refractivity contribution in [2.75, 3.05) is 18.2 Å². The van der Waals surface area contributed by atoms with Gasteiger partial charge in [0.1, 0.15) is 5.82 Å². The maximum Gasteiger partial charge on any atom is 0.340 e. The van der Waals surface area contributed by atoms with Crippen LogP contribution in [0.1, 0.15) is 15.9 Å². The van der Waals surface area contributed by atoms with E-state index < -0.39 is 11.8 Å². The molecule has 0 atom stereocenters. The fourth-order valence-electron chi connectivity index (χ4n) is 1.87. The van der Waals surface area contributed by atoms with Crippen molar-refractivity contribution in [1.82, 2.24) is 0 Å². The second kappa shape index (κ2) is 6.45. The molecule has 0 aliphatic rings. The lowest BCUT2D eigenvalue weighted by Gasteiger charge is -2.11. The number of carbonyl (C=O) groups is 1. The smallest absolute Gasteiger partial charge is 0.340 e. The van der Waals surface area contributed by atoms with E-state index in [1.807, 2.05) is 0 Å². The monoisotopic (exact) mass is 308 g/mol. The van der Waals surface area contributed by atoms with Gasteiger partial charge < -0.3 is 15.8 Å². The first-order chi connectivity index (χ1) is 10.0. The predicted molar refractivity (Wildman–Crippen MR) is 80.9 cm³/mol. The number of rotatable bonds is 4. The molecule has 2 aromatic rings. The Morgan fingerprint density at radius 1 is 1.38 bits per heavy atom. The van der Waals surface area contributed by atoms with Gasteiger partial charge in [-0.1, -0.05) is 23.7 Å². The molecule has 0 unspecified atom stereocenters.